The van der Waals surface area contributed by atoms with Crippen molar-refractivity contribution in [3.63, 3.8) is 0 Å². The fourth-order valence-electron chi connectivity index (χ4n) is 3.46. The van der Waals surface area contributed by atoms with Crippen molar-refractivity contribution in [2.75, 3.05) is 31.7 Å². The Morgan fingerprint density at radius 2 is 2.09 bits per heavy atom. The van der Waals surface area contributed by atoms with Gasteiger partial charge in [-0.2, -0.15) is 0 Å². The molecule has 0 amide bonds. The normalized spacial score (nSPS) is 16.1. The lowest BCUT2D eigenvalue weighted by atomic mass is 9.89. The second-order valence-corrected chi connectivity index (χ2v) is 5.83. The zero-order chi connectivity index (χ0) is 16.2. The zero-order valence-electron chi connectivity index (χ0n) is 13.3. The molecule has 122 valence electrons. The van der Waals surface area contributed by atoms with E-state index in [1.165, 1.54) is 24.4 Å². The molecule has 3 rings (SSSR count). The van der Waals surface area contributed by atoms with E-state index in [-0.39, 0.29) is 6.61 Å². The highest BCUT2D eigenvalue weighted by molar-refractivity contribution is 5.85. The lowest BCUT2D eigenvalue weighted by Crippen LogP contribution is -2.35. The average Bonchev–Trinajstić information content (AvgIpc) is 2.59. The van der Waals surface area contributed by atoms with Crippen LogP contribution in [0.4, 0.5) is 5.69 Å². The molecule has 0 spiro atoms. The van der Waals surface area contributed by atoms with E-state index in [9.17, 15) is 9.59 Å². The largest absolute Gasteiger partial charge is 0.488 e. The summed E-state index contributed by atoms with van der Waals surface area (Å²) in [6, 6.07) is 1.96. The summed E-state index contributed by atoms with van der Waals surface area (Å²) >= 11 is 0. The third-order valence-corrected chi connectivity index (χ3v) is 4.41. The number of anilines is 1. The lowest BCUT2D eigenvalue weighted by molar-refractivity contribution is -0.134. The molecular formula is C18H21NO4. The molecule has 0 unspecified atom stereocenters. The number of benzene rings is 1. The second kappa shape index (κ2) is 6.86. The fraction of sp³-hybridized carbons (Fsp3) is 0.444. The van der Waals surface area contributed by atoms with Crippen LogP contribution in [0.3, 0.4) is 0 Å². The molecule has 2 heterocycles. The van der Waals surface area contributed by atoms with Gasteiger partial charge in [0.15, 0.2) is 6.29 Å². The number of aryl methyl sites for hydroxylation is 1. The summed E-state index contributed by atoms with van der Waals surface area (Å²) in [6.07, 6.45) is 7.95. The molecular weight excluding hydrogens is 294 g/mol. The number of aldehydes is 1. The van der Waals surface area contributed by atoms with Crippen LogP contribution in [0.25, 0.3) is 0 Å². The van der Waals surface area contributed by atoms with Crippen LogP contribution in [-0.2, 0) is 22.4 Å². The summed E-state index contributed by atoms with van der Waals surface area (Å²) in [6.45, 7) is 2.38. The van der Waals surface area contributed by atoms with E-state index in [0.29, 0.717) is 11.3 Å². The maximum absolute atomic E-state index is 11.5. The summed E-state index contributed by atoms with van der Waals surface area (Å²) in [7, 11) is 1.33. The van der Waals surface area contributed by atoms with Crippen molar-refractivity contribution in [3.8, 4) is 5.75 Å². The van der Waals surface area contributed by atoms with Gasteiger partial charge in [0.2, 0.25) is 0 Å². The van der Waals surface area contributed by atoms with Gasteiger partial charge >= 0.3 is 5.97 Å². The van der Waals surface area contributed by atoms with Crippen molar-refractivity contribution in [2.45, 2.75) is 25.7 Å². The smallest absolute Gasteiger partial charge is 0.330 e. The van der Waals surface area contributed by atoms with Gasteiger partial charge in [-0.15, -0.1) is 0 Å². The van der Waals surface area contributed by atoms with Crippen LogP contribution < -0.4 is 9.64 Å². The van der Waals surface area contributed by atoms with E-state index in [1.807, 2.05) is 6.07 Å². The summed E-state index contributed by atoms with van der Waals surface area (Å²) in [4.78, 5) is 25.0. The van der Waals surface area contributed by atoms with Crippen molar-refractivity contribution in [3.05, 3.63) is 34.9 Å². The van der Waals surface area contributed by atoms with Crippen molar-refractivity contribution in [1.29, 1.82) is 0 Å². The molecule has 23 heavy (non-hydrogen) atoms. The molecule has 2 aliphatic heterocycles. The third-order valence-electron chi connectivity index (χ3n) is 4.41. The first-order valence-corrected chi connectivity index (χ1v) is 8.00. The Morgan fingerprint density at radius 1 is 1.30 bits per heavy atom. The quantitative estimate of drug-likeness (QED) is 0.474. The Labute approximate surface area is 135 Å². The minimum absolute atomic E-state index is 0.238. The van der Waals surface area contributed by atoms with Crippen molar-refractivity contribution >= 4 is 17.9 Å². The van der Waals surface area contributed by atoms with E-state index in [4.69, 9.17) is 4.74 Å². The van der Waals surface area contributed by atoms with Crippen molar-refractivity contribution in [1.82, 2.24) is 0 Å². The molecule has 0 saturated carbocycles. The van der Waals surface area contributed by atoms with Crippen LogP contribution in [0.5, 0.6) is 5.75 Å². The molecule has 0 saturated heterocycles. The van der Waals surface area contributed by atoms with Crippen molar-refractivity contribution < 1.29 is 19.1 Å². The summed E-state index contributed by atoms with van der Waals surface area (Å²) < 4.78 is 10.4. The van der Waals surface area contributed by atoms with Gasteiger partial charge in [-0.25, -0.2) is 4.79 Å². The Morgan fingerprint density at radius 3 is 2.83 bits per heavy atom. The van der Waals surface area contributed by atoms with Gasteiger partial charge in [0, 0.05) is 30.4 Å². The van der Waals surface area contributed by atoms with Crippen LogP contribution >= 0.6 is 0 Å². The van der Waals surface area contributed by atoms with Gasteiger partial charge in [0.1, 0.15) is 12.4 Å². The summed E-state index contributed by atoms with van der Waals surface area (Å²) in [5.41, 5.74) is 4.27. The number of nitrogens with zero attached hydrogens (tertiary/aromatic N) is 1. The first-order valence-electron chi connectivity index (χ1n) is 8.00. The molecule has 0 aliphatic carbocycles. The van der Waals surface area contributed by atoms with Gasteiger partial charge in [-0.05, 0) is 43.4 Å². The number of esters is 1. The number of hydrogen-bond acceptors (Lipinski definition) is 5. The third kappa shape index (κ3) is 3.09. The van der Waals surface area contributed by atoms with Crippen LogP contribution in [0.1, 0.15) is 34.3 Å². The molecule has 1 aromatic rings. The Hall–Kier alpha value is -2.30. The van der Waals surface area contributed by atoms with Crippen LogP contribution in [-0.4, -0.2) is 39.1 Å². The Kier molecular flexibility index (Phi) is 4.65. The highest BCUT2D eigenvalue weighted by Gasteiger charge is 2.28. The van der Waals surface area contributed by atoms with E-state index in [2.05, 4.69) is 9.64 Å². The lowest BCUT2D eigenvalue weighted by Gasteiger charge is -2.38. The first kappa shape index (κ1) is 15.6. The average molecular weight is 315 g/mol. The predicted octanol–water partition coefficient (Wildman–Crippen LogP) is 2.31. The van der Waals surface area contributed by atoms with Gasteiger partial charge in [-0.1, -0.05) is 0 Å². The van der Waals surface area contributed by atoms with Crippen LogP contribution in [0, 0.1) is 0 Å². The predicted molar refractivity (Wildman–Crippen MR) is 87.3 cm³/mol. The molecule has 0 fully saturated rings. The van der Waals surface area contributed by atoms with Crippen LogP contribution in [0.15, 0.2) is 18.2 Å². The minimum Gasteiger partial charge on any atom is -0.488 e. The molecule has 0 aromatic heterocycles. The topological polar surface area (TPSA) is 55.8 Å². The highest BCUT2D eigenvalue weighted by Crippen LogP contribution is 2.42. The minimum atomic E-state index is -0.415. The molecule has 0 radical (unpaired) electrons. The zero-order valence-corrected chi connectivity index (χ0v) is 13.3. The number of hydrogen-bond donors (Lipinski definition) is 0. The molecule has 1 aromatic carbocycles. The van der Waals surface area contributed by atoms with Gasteiger partial charge in [-0.3, -0.25) is 4.79 Å². The van der Waals surface area contributed by atoms with E-state index < -0.39 is 5.97 Å². The SMILES string of the molecule is COC(=O)/C=C/COc1c(C=O)cc2c3c1CCCN3CCC2. The number of carbonyl (C=O) groups is 2. The second-order valence-electron chi connectivity index (χ2n) is 5.83. The number of carbonyl (C=O) groups excluding carboxylic acids is 2. The summed E-state index contributed by atoms with van der Waals surface area (Å²) in [5, 5.41) is 0. The Bertz CT molecular complexity index is 649. The maximum Gasteiger partial charge on any atom is 0.330 e. The molecule has 0 atom stereocenters. The van der Waals surface area contributed by atoms with Crippen molar-refractivity contribution in [2.24, 2.45) is 0 Å². The number of rotatable bonds is 5. The van der Waals surface area contributed by atoms with Gasteiger partial charge in [0.25, 0.3) is 0 Å². The van der Waals surface area contributed by atoms with Gasteiger partial charge in [0.05, 0.1) is 12.7 Å². The summed E-state index contributed by atoms with van der Waals surface area (Å²) in [5.74, 6) is 0.252. The van der Waals surface area contributed by atoms with E-state index in [1.54, 1.807) is 6.08 Å². The molecule has 0 bridgehead atoms. The molecule has 5 nitrogen and oxygen atoms in total. The first-order chi connectivity index (χ1) is 11.2. The Balaban J connectivity index is 1.90. The highest BCUT2D eigenvalue weighted by atomic mass is 16.5. The van der Waals surface area contributed by atoms with Gasteiger partial charge < -0.3 is 14.4 Å². The van der Waals surface area contributed by atoms with Crippen LogP contribution in [0.2, 0.25) is 0 Å². The molecule has 5 heteroatoms. The van der Waals surface area contributed by atoms with E-state index in [0.717, 1.165) is 50.6 Å². The number of ether oxygens (including phenoxy) is 2. The monoisotopic (exact) mass is 315 g/mol. The number of methoxy groups -OCH3 is 1. The maximum atomic E-state index is 11.5. The molecule has 0 N–H and O–H groups in total. The standard InChI is InChI=1S/C18H21NO4/c1-22-16(21)7-4-10-23-18-14(12-20)11-13-5-2-8-19-9-3-6-15(18)17(13)19/h4,7,11-12H,2-3,5-6,8-10H2,1H3/b7-4+. The molecule has 2 aliphatic rings. The van der Waals surface area contributed by atoms with E-state index >= 15 is 0 Å². The fourth-order valence-corrected chi connectivity index (χ4v) is 3.46.